The van der Waals surface area contributed by atoms with Crippen LogP contribution in [-0.2, 0) is 4.74 Å². The number of aliphatic hydroxyl groups excluding tert-OH is 1. The molecule has 1 aromatic rings. The number of nitrogens with zero attached hydrogens (tertiary/aromatic N) is 2. The molecule has 0 aliphatic rings. The number of carbonyl (C=O) groups is 1. The van der Waals surface area contributed by atoms with Crippen LogP contribution in [0.15, 0.2) is 6.20 Å². The number of hydrogen-bond acceptors (Lipinski definition) is 6. The van der Waals surface area contributed by atoms with E-state index in [2.05, 4.69) is 14.1 Å². The van der Waals surface area contributed by atoms with Gasteiger partial charge in [0.1, 0.15) is 0 Å². The summed E-state index contributed by atoms with van der Waals surface area (Å²) >= 11 is 1.00. The third kappa shape index (κ3) is 4.82. The fourth-order valence-corrected chi connectivity index (χ4v) is 1.31. The first-order valence-electron chi connectivity index (χ1n) is 4.59. The maximum absolute atomic E-state index is 11.3. The van der Waals surface area contributed by atoms with Gasteiger partial charge in [0, 0.05) is 13.2 Å². The number of ether oxygens (including phenoxy) is 1. The lowest BCUT2D eigenvalue weighted by atomic mass is 10.4. The Morgan fingerprint density at radius 1 is 1.60 bits per heavy atom. The van der Waals surface area contributed by atoms with E-state index in [-0.39, 0.29) is 12.5 Å². The highest BCUT2D eigenvalue weighted by molar-refractivity contribution is 6.99. The highest BCUT2D eigenvalue weighted by atomic mass is 32.1. The number of amides is 1. The van der Waals surface area contributed by atoms with Crippen LogP contribution in [-0.4, -0.2) is 46.1 Å². The molecule has 84 valence electrons. The van der Waals surface area contributed by atoms with E-state index in [1.165, 1.54) is 6.20 Å². The molecule has 0 fully saturated rings. The number of rotatable bonds is 7. The quantitative estimate of drug-likeness (QED) is 0.627. The lowest BCUT2D eigenvalue weighted by Crippen LogP contribution is -2.25. The Morgan fingerprint density at radius 3 is 3.13 bits per heavy atom. The summed E-state index contributed by atoms with van der Waals surface area (Å²) in [4.78, 5) is 11.3. The Hall–Kier alpha value is -1.05. The van der Waals surface area contributed by atoms with Gasteiger partial charge >= 0.3 is 0 Å². The monoisotopic (exact) mass is 231 g/mol. The van der Waals surface area contributed by atoms with Gasteiger partial charge in [-0.2, -0.15) is 8.75 Å². The molecule has 1 heterocycles. The predicted molar refractivity (Wildman–Crippen MR) is 54.8 cm³/mol. The Morgan fingerprint density at radius 2 is 2.47 bits per heavy atom. The molecule has 0 aliphatic heterocycles. The second-order valence-corrected chi connectivity index (χ2v) is 3.29. The van der Waals surface area contributed by atoms with Crippen molar-refractivity contribution in [3.05, 3.63) is 11.9 Å². The molecule has 7 heteroatoms. The molecule has 0 aliphatic carbocycles. The van der Waals surface area contributed by atoms with Crippen molar-refractivity contribution in [2.75, 3.05) is 26.4 Å². The number of hydrogen-bond donors (Lipinski definition) is 2. The van der Waals surface area contributed by atoms with Crippen molar-refractivity contribution >= 4 is 17.6 Å². The molecule has 0 spiro atoms. The summed E-state index contributed by atoms with van der Waals surface area (Å²) in [6.07, 6.45) is 2.14. The topological polar surface area (TPSA) is 84.3 Å². The van der Waals surface area contributed by atoms with Crippen LogP contribution in [0.25, 0.3) is 0 Å². The van der Waals surface area contributed by atoms with Gasteiger partial charge < -0.3 is 15.2 Å². The molecular formula is C8H13N3O3S. The van der Waals surface area contributed by atoms with Crippen LogP contribution < -0.4 is 5.32 Å². The van der Waals surface area contributed by atoms with E-state index in [0.29, 0.717) is 31.9 Å². The van der Waals surface area contributed by atoms with Crippen LogP contribution in [0.2, 0.25) is 0 Å². The molecule has 1 rings (SSSR count). The average molecular weight is 231 g/mol. The highest BCUT2D eigenvalue weighted by Gasteiger charge is 2.06. The first-order valence-corrected chi connectivity index (χ1v) is 5.32. The van der Waals surface area contributed by atoms with Gasteiger partial charge in [-0.15, -0.1) is 0 Å². The zero-order valence-electron chi connectivity index (χ0n) is 8.18. The number of carbonyl (C=O) groups excluding carboxylic acids is 1. The van der Waals surface area contributed by atoms with Crippen LogP contribution in [0, 0.1) is 0 Å². The fraction of sp³-hybridized carbons (Fsp3) is 0.625. The van der Waals surface area contributed by atoms with Crippen molar-refractivity contribution in [2.24, 2.45) is 0 Å². The Balaban J connectivity index is 2.03. The third-order valence-electron chi connectivity index (χ3n) is 1.58. The molecule has 0 bridgehead atoms. The molecule has 0 atom stereocenters. The predicted octanol–water partition coefficient (Wildman–Crippen LogP) is -0.333. The van der Waals surface area contributed by atoms with Crippen molar-refractivity contribution in [3.8, 4) is 0 Å². The minimum absolute atomic E-state index is 0.0247. The Labute approximate surface area is 91.6 Å². The lowest BCUT2D eigenvalue weighted by molar-refractivity contribution is 0.0866. The van der Waals surface area contributed by atoms with Gasteiger partial charge in [-0.25, -0.2) is 0 Å². The summed E-state index contributed by atoms with van der Waals surface area (Å²) in [6, 6.07) is 0. The Kier molecular flexibility index (Phi) is 5.83. The van der Waals surface area contributed by atoms with Gasteiger partial charge in [0.25, 0.3) is 5.91 Å². The molecule has 0 saturated heterocycles. The second kappa shape index (κ2) is 7.27. The third-order valence-corrected chi connectivity index (χ3v) is 2.06. The minimum Gasteiger partial charge on any atom is -0.394 e. The second-order valence-electron chi connectivity index (χ2n) is 2.74. The summed E-state index contributed by atoms with van der Waals surface area (Å²) < 4.78 is 12.6. The van der Waals surface area contributed by atoms with Crippen LogP contribution in [0.4, 0.5) is 0 Å². The van der Waals surface area contributed by atoms with E-state index in [9.17, 15) is 4.79 Å². The fourth-order valence-electron chi connectivity index (χ4n) is 0.898. The van der Waals surface area contributed by atoms with E-state index < -0.39 is 0 Å². The first kappa shape index (κ1) is 12.0. The standard InChI is InChI=1S/C8H13N3O3S/c12-3-5-14-4-1-2-9-8(13)7-6-10-15-11-7/h6,12H,1-5H2,(H,9,13). The van der Waals surface area contributed by atoms with E-state index in [1.54, 1.807) is 0 Å². The maximum atomic E-state index is 11.3. The average Bonchev–Trinajstić information content (AvgIpc) is 2.76. The molecule has 15 heavy (non-hydrogen) atoms. The first-order chi connectivity index (χ1) is 7.34. The molecule has 0 saturated carbocycles. The smallest absolute Gasteiger partial charge is 0.272 e. The summed E-state index contributed by atoms with van der Waals surface area (Å²) in [7, 11) is 0. The van der Waals surface area contributed by atoms with Crippen molar-refractivity contribution in [1.82, 2.24) is 14.1 Å². The van der Waals surface area contributed by atoms with E-state index in [0.717, 1.165) is 11.7 Å². The molecule has 1 amide bonds. The largest absolute Gasteiger partial charge is 0.394 e. The SMILES string of the molecule is O=C(NCCCOCCO)c1cnsn1. The molecule has 0 radical (unpaired) electrons. The van der Waals surface area contributed by atoms with Crippen molar-refractivity contribution in [1.29, 1.82) is 0 Å². The molecular weight excluding hydrogens is 218 g/mol. The molecule has 6 nitrogen and oxygen atoms in total. The summed E-state index contributed by atoms with van der Waals surface area (Å²) in [5, 5.41) is 11.1. The van der Waals surface area contributed by atoms with Crippen molar-refractivity contribution < 1.29 is 14.6 Å². The van der Waals surface area contributed by atoms with Gasteiger partial charge in [0.2, 0.25) is 0 Å². The van der Waals surface area contributed by atoms with Crippen LogP contribution in [0.1, 0.15) is 16.9 Å². The maximum Gasteiger partial charge on any atom is 0.272 e. The highest BCUT2D eigenvalue weighted by Crippen LogP contribution is 1.94. The summed E-state index contributed by atoms with van der Waals surface area (Å²) in [6.45, 7) is 1.42. The molecule has 0 unspecified atom stereocenters. The summed E-state index contributed by atoms with van der Waals surface area (Å²) in [5.41, 5.74) is 0.344. The van der Waals surface area contributed by atoms with Gasteiger partial charge in [-0.1, -0.05) is 0 Å². The number of aliphatic hydroxyl groups is 1. The summed E-state index contributed by atoms with van der Waals surface area (Å²) in [5.74, 6) is -0.217. The number of aromatic nitrogens is 2. The molecule has 2 N–H and O–H groups in total. The van der Waals surface area contributed by atoms with Crippen LogP contribution in [0.3, 0.4) is 0 Å². The lowest BCUT2D eigenvalue weighted by Gasteiger charge is -2.03. The van der Waals surface area contributed by atoms with Gasteiger partial charge in [0.15, 0.2) is 5.69 Å². The Bertz CT molecular complexity index is 279. The van der Waals surface area contributed by atoms with Crippen LogP contribution >= 0.6 is 11.7 Å². The number of nitrogens with one attached hydrogen (secondary N) is 1. The minimum atomic E-state index is -0.217. The van der Waals surface area contributed by atoms with Crippen LogP contribution in [0.5, 0.6) is 0 Å². The van der Waals surface area contributed by atoms with Crippen molar-refractivity contribution in [3.63, 3.8) is 0 Å². The zero-order chi connectivity index (χ0) is 10.9. The zero-order valence-corrected chi connectivity index (χ0v) is 9.00. The normalized spacial score (nSPS) is 10.2. The van der Waals surface area contributed by atoms with E-state index in [1.807, 2.05) is 0 Å². The van der Waals surface area contributed by atoms with Crippen molar-refractivity contribution in [2.45, 2.75) is 6.42 Å². The van der Waals surface area contributed by atoms with Gasteiger partial charge in [0.05, 0.1) is 31.1 Å². The van der Waals surface area contributed by atoms with Gasteiger partial charge in [-0.3, -0.25) is 4.79 Å². The van der Waals surface area contributed by atoms with Gasteiger partial charge in [-0.05, 0) is 6.42 Å². The van der Waals surface area contributed by atoms with E-state index >= 15 is 0 Å². The molecule has 0 aromatic carbocycles. The molecule has 1 aromatic heterocycles. The van der Waals surface area contributed by atoms with E-state index in [4.69, 9.17) is 9.84 Å².